The second-order valence-corrected chi connectivity index (χ2v) is 5.22. The van der Waals surface area contributed by atoms with Gasteiger partial charge in [-0.25, -0.2) is 4.98 Å². The van der Waals surface area contributed by atoms with Crippen molar-refractivity contribution < 1.29 is 4.74 Å². The number of nitrogens with zero attached hydrogens (tertiary/aromatic N) is 2. The molecule has 1 aromatic heterocycles. The number of methoxy groups -OCH3 is 1. The highest BCUT2D eigenvalue weighted by atomic mass is 16.5. The minimum absolute atomic E-state index is 0.246. The van der Waals surface area contributed by atoms with Gasteiger partial charge in [-0.05, 0) is 24.3 Å². The minimum Gasteiger partial charge on any atom is -0.496 e. The van der Waals surface area contributed by atoms with Crippen LogP contribution < -0.4 is 10.3 Å². The van der Waals surface area contributed by atoms with E-state index in [0.29, 0.717) is 10.9 Å². The van der Waals surface area contributed by atoms with Gasteiger partial charge in [0.05, 0.1) is 23.6 Å². The molecular formula is C20H15N3O2. The van der Waals surface area contributed by atoms with Gasteiger partial charge in [-0.15, -0.1) is 0 Å². The summed E-state index contributed by atoms with van der Waals surface area (Å²) in [7, 11) is 1.60. The first-order valence-corrected chi connectivity index (χ1v) is 7.64. The first kappa shape index (κ1) is 16.2. The van der Waals surface area contributed by atoms with Crippen LogP contribution in [0.3, 0.4) is 0 Å². The van der Waals surface area contributed by atoms with E-state index in [1.165, 1.54) is 0 Å². The Morgan fingerprint density at radius 3 is 2.76 bits per heavy atom. The van der Waals surface area contributed by atoms with Crippen LogP contribution in [0.15, 0.2) is 65.5 Å². The van der Waals surface area contributed by atoms with Crippen molar-refractivity contribution in [3.63, 3.8) is 0 Å². The molecule has 25 heavy (non-hydrogen) atoms. The summed E-state index contributed by atoms with van der Waals surface area (Å²) in [5.74, 6) is 0.985. The van der Waals surface area contributed by atoms with Crippen LogP contribution in [0.5, 0.6) is 5.75 Å². The van der Waals surface area contributed by atoms with Gasteiger partial charge in [-0.2, -0.15) is 5.26 Å². The van der Waals surface area contributed by atoms with Gasteiger partial charge < -0.3 is 9.72 Å². The van der Waals surface area contributed by atoms with Gasteiger partial charge in [0.15, 0.2) is 5.82 Å². The largest absolute Gasteiger partial charge is 0.496 e. The maximum atomic E-state index is 12.1. The predicted molar refractivity (Wildman–Crippen MR) is 98.0 cm³/mol. The molecule has 0 atom stereocenters. The fraction of sp³-hybridized carbons (Fsp3) is 0.0500. The van der Waals surface area contributed by atoms with Gasteiger partial charge >= 0.3 is 0 Å². The number of nitriles is 1. The van der Waals surface area contributed by atoms with Gasteiger partial charge in [0.1, 0.15) is 11.8 Å². The molecule has 1 heterocycles. The van der Waals surface area contributed by atoms with Crippen LogP contribution in [0, 0.1) is 11.3 Å². The predicted octanol–water partition coefficient (Wildman–Crippen LogP) is 3.55. The third-order valence-electron chi connectivity index (χ3n) is 3.67. The van der Waals surface area contributed by atoms with Crippen LogP contribution in [0.1, 0.15) is 11.4 Å². The average molecular weight is 329 g/mol. The van der Waals surface area contributed by atoms with Crippen molar-refractivity contribution in [2.45, 2.75) is 0 Å². The van der Waals surface area contributed by atoms with E-state index in [1.807, 2.05) is 30.3 Å². The Morgan fingerprint density at radius 1 is 1.20 bits per heavy atom. The Bertz CT molecular complexity index is 1070. The Balaban J connectivity index is 1.98. The lowest BCUT2D eigenvalue weighted by molar-refractivity contribution is 0.414. The summed E-state index contributed by atoms with van der Waals surface area (Å²) in [4.78, 5) is 19.2. The van der Waals surface area contributed by atoms with Crippen molar-refractivity contribution in [1.29, 1.82) is 5.26 Å². The molecule has 0 aliphatic carbocycles. The molecule has 3 aromatic rings. The van der Waals surface area contributed by atoms with Crippen LogP contribution in [0.4, 0.5) is 0 Å². The molecule has 0 bridgehead atoms. The minimum atomic E-state index is -0.268. The van der Waals surface area contributed by atoms with Gasteiger partial charge in [0, 0.05) is 5.56 Å². The molecule has 0 spiro atoms. The summed E-state index contributed by atoms with van der Waals surface area (Å²) < 4.78 is 5.28. The molecule has 0 unspecified atom stereocenters. The SMILES string of the molecule is COc1ccccc1C=CC=C(C#N)c1nc2ccccc2c(=O)[nH]1. The van der Waals surface area contributed by atoms with E-state index in [1.54, 1.807) is 43.5 Å². The fourth-order valence-corrected chi connectivity index (χ4v) is 2.44. The van der Waals surface area contributed by atoms with E-state index in [2.05, 4.69) is 16.0 Å². The number of hydrogen-bond acceptors (Lipinski definition) is 4. The molecule has 3 rings (SSSR count). The van der Waals surface area contributed by atoms with Crippen molar-refractivity contribution >= 4 is 22.6 Å². The zero-order valence-corrected chi connectivity index (χ0v) is 13.6. The van der Waals surface area contributed by atoms with E-state index in [4.69, 9.17) is 4.74 Å². The fourth-order valence-electron chi connectivity index (χ4n) is 2.44. The molecule has 5 nitrogen and oxygen atoms in total. The van der Waals surface area contributed by atoms with Crippen LogP contribution in [-0.2, 0) is 0 Å². The van der Waals surface area contributed by atoms with Crippen LogP contribution in [0.25, 0.3) is 22.6 Å². The highest BCUT2D eigenvalue weighted by Crippen LogP contribution is 2.19. The van der Waals surface area contributed by atoms with Gasteiger partial charge in [-0.3, -0.25) is 4.79 Å². The first-order chi connectivity index (χ1) is 12.2. The maximum absolute atomic E-state index is 12.1. The number of rotatable bonds is 4. The van der Waals surface area contributed by atoms with E-state index in [-0.39, 0.29) is 17.0 Å². The second kappa shape index (κ2) is 7.28. The molecule has 2 aromatic carbocycles. The van der Waals surface area contributed by atoms with Gasteiger partial charge in [-0.1, -0.05) is 42.5 Å². The molecule has 0 aliphatic rings. The Hall–Kier alpha value is -3.65. The number of aromatic amines is 1. The molecular weight excluding hydrogens is 314 g/mol. The molecule has 5 heteroatoms. The lowest BCUT2D eigenvalue weighted by Gasteiger charge is -2.03. The molecule has 0 aliphatic heterocycles. The van der Waals surface area contributed by atoms with Crippen molar-refractivity contribution in [2.75, 3.05) is 7.11 Å². The van der Waals surface area contributed by atoms with Crippen molar-refractivity contribution in [1.82, 2.24) is 9.97 Å². The number of fused-ring (bicyclic) bond motifs is 1. The number of nitrogens with one attached hydrogen (secondary N) is 1. The van der Waals surface area contributed by atoms with E-state index in [9.17, 15) is 10.1 Å². The van der Waals surface area contributed by atoms with Crippen LogP contribution in [0.2, 0.25) is 0 Å². The van der Waals surface area contributed by atoms with Crippen molar-refractivity contribution in [3.05, 3.63) is 82.4 Å². The van der Waals surface area contributed by atoms with E-state index < -0.39 is 0 Å². The number of allylic oxidation sites excluding steroid dienone is 3. The number of benzene rings is 2. The zero-order valence-electron chi connectivity index (χ0n) is 13.6. The lowest BCUT2D eigenvalue weighted by Crippen LogP contribution is -2.11. The molecule has 0 radical (unpaired) electrons. The zero-order chi connectivity index (χ0) is 17.6. The number of H-pyrrole nitrogens is 1. The summed E-state index contributed by atoms with van der Waals surface area (Å²) in [6, 6.07) is 16.6. The van der Waals surface area contributed by atoms with Gasteiger partial charge in [0.25, 0.3) is 5.56 Å². The van der Waals surface area contributed by atoms with Crippen LogP contribution >= 0.6 is 0 Å². The normalized spacial score (nSPS) is 11.6. The summed E-state index contributed by atoms with van der Waals surface area (Å²) in [6.07, 6.45) is 5.17. The first-order valence-electron chi connectivity index (χ1n) is 7.64. The summed E-state index contributed by atoms with van der Waals surface area (Å²) in [5, 5.41) is 9.90. The average Bonchev–Trinajstić information content (AvgIpc) is 2.65. The molecule has 0 fully saturated rings. The van der Waals surface area contributed by atoms with Crippen molar-refractivity contribution in [3.8, 4) is 11.8 Å². The number of para-hydroxylation sites is 2. The Kier molecular flexibility index (Phi) is 4.72. The van der Waals surface area contributed by atoms with E-state index in [0.717, 1.165) is 11.3 Å². The lowest BCUT2D eigenvalue weighted by atomic mass is 10.1. The highest BCUT2D eigenvalue weighted by Gasteiger charge is 2.07. The molecule has 0 saturated carbocycles. The molecule has 1 N–H and O–H groups in total. The third kappa shape index (κ3) is 3.48. The van der Waals surface area contributed by atoms with E-state index >= 15 is 0 Å². The third-order valence-corrected chi connectivity index (χ3v) is 3.67. The number of aromatic nitrogens is 2. The standard InChI is InChI=1S/C20H15N3O2/c1-25-18-12-5-2-7-14(18)8-6-9-15(13-21)19-22-17-11-4-3-10-16(17)20(24)23-19/h2-12H,1H3,(H,22,23,24). The Labute approximate surface area is 144 Å². The maximum Gasteiger partial charge on any atom is 0.259 e. The molecule has 0 saturated heterocycles. The summed E-state index contributed by atoms with van der Waals surface area (Å²) in [5.41, 5.74) is 1.44. The summed E-state index contributed by atoms with van der Waals surface area (Å²) >= 11 is 0. The molecule has 122 valence electrons. The number of hydrogen-bond donors (Lipinski definition) is 1. The molecule has 0 amide bonds. The van der Waals surface area contributed by atoms with Gasteiger partial charge in [0.2, 0.25) is 0 Å². The topological polar surface area (TPSA) is 78.8 Å². The van der Waals surface area contributed by atoms with Crippen molar-refractivity contribution in [2.24, 2.45) is 0 Å². The number of ether oxygens (including phenoxy) is 1. The highest BCUT2D eigenvalue weighted by molar-refractivity contribution is 5.81. The van der Waals surface area contributed by atoms with Crippen LogP contribution in [-0.4, -0.2) is 17.1 Å². The quantitative estimate of drug-likeness (QED) is 0.586. The Morgan fingerprint density at radius 2 is 1.96 bits per heavy atom. The monoisotopic (exact) mass is 329 g/mol. The smallest absolute Gasteiger partial charge is 0.259 e. The summed E-state index contributed by atoms with van der Waals surface area (Å²) in [6.45, 7) is 0. The second-order valence-electron chi connectivity index (χ2n) is 5.22.